The lowest BCUT2D eigenvalue weighted by Crippen LogP contribution is -2.38. The summed E-state index contributed by atoms with van der Waals surface area (Å²) in [5, 5.41) is 14.2. The highest BCUT2D eigenvalue weighted by Crippen LogP contribution is 2.29. The van der Waals surface area contributed by atoms with Crippen molar-refractivity contribution in [3.8, 4) is 0 Å². The lowest BCUT2D eigenvalue weighted by molar-refractivity contribution is 0.100. The standard InChI is InChI=1S/C20H27FN8O/c1-5-15(10(2)22)25-19-14(21)9-13(17(23)30)18(26-19)24-11-6-7-16-12(8-11)20(28-27-16)29(3)4/h6-10,15H,5,22H2,1-4H3,(H2,23,30)(H,27,28)(H2,24,25,26)/t10-,15+/m0/s1. The van der Waals surface area contributed by atoms with Crippen molar-refractivity contribution in [3.05, 3.63) is 35.6 Å². The Morgan fingerprint density at radius 3 is 2.63 bits per heavy atom. The van der Waals surface area contributed by atoms with Crippen LogP contribution in [0.3, 0.4) is 0 Å². The number of nitrogens with one attached hydrogen (secondary N) is 3. The molecule has 1 amide bonds. The van der Waals surface area contributed by atoms with E-state index in [1.165, 1.54) is 0 Å². The van der Waals surface area contributed by atoms with Gasteiger partial charge in [-0.2, -0.15) is 5.10 Å². The first-order chi connectivity index (χ1) is 14.2. The lowest BCUT2D eigenvalue weighted by Gasteiger charge is -2.22. The molecule has 0 saturated carbocycles. The zero-order valence-corrected chi connectivity index (χ0v) is 17.5. The Bertz CT molecular complexity index is 1060. The fraction of sp³-hybridized carbons (Fsp3) is 0.350. The number of pyridine rings is 1. The summed E-state index contributed by atoms with van der Waals surface area (Å²) in [5.41, 5.74) is 12.9. The largest absolute Gasteiger partial charge is 0.365 e. The van der Waals surface area contributed by atoms with Gasteiger partial charge in [0.1, 0.15) is 5.82 Å². The summed E-state index contributed by atoms with van der Waals surface area (Å²) in [6.07, 6.45) is 0.684. The number of primary amides is 1. The molecule has 0 aliphatic heterocycles. The van der Waals surface area contributed by atoms with Crippen LogP contribution in [0, 0.1) is 5.82 Å². The van der Waals surface area contributed by atoms with Crippen molar-refractivity contribution in [2.24, 2.45) is 11.5 Å². The third-order valence-corrected chi connectivity index (χ3v) is 4.87. The van der Waals surface area contributed by atoms with Gasteiger partial charge in [-0.15, -0.1) is 0 Å². The molecule has 2 heterocycles. The molecule has 30 heavy (non-hydrogen) atoms. The van der Waals surface area contributed by atoms with Crippen LogP contribution in [0.1, 0.15) is 30.6 Å². The van der Waals surface area contributed by atoms with E-state index in [-0.39, 0.29) is 29.3 Å². The van der Waals surface area contributed by atoms with Crippen molar-refractivity contribution in [3.63, 3.8) is 0 Å². The number of nitrogens with zero attached hydrogens (tertiary/aromatic N) is 3. The normalized spacial score (nSPS) is 13.1. The first-order valence-corrected chi connectivity index (χ1v) is 9.66. The van der Waals surface area contributed by atoms with Crippen LogP contribution in [0.25, 0.3) is 10.9 Å². The van der Waals surface area contributed by atoms with Crippen LogP contribution in [-0.2, 0) is 0 Å². The highest BCUT2D eigenvalue weighted by Gasteiger charge is 2.20. The summed E-state index contributed by atoms with van der Waals surface area (Å²) in [5.74, 6) is -0.534. The molecule has 9 nitrogen and oxygen atoms in total. The average molecular weight is 414 g/mol. The minimum Gasteiger partial charge on any atom is -0.365 e. The molecule has 3 aromatic rings. The van der Waals surface area contributed by atoms with Gasteiger partial charge < -0.3 is 27.0 Å². The second kappa shape index (κ2) is 8.54. The fourth-order valence-corrected chi connectivity index (χ4v) is 3.21. The first-order valence-electron chi connectivity index (χ1n) is 9.66. The summed E-state index contributed by atoms with van der Waals surface area (Å²) in [6.45, 7) is 3.77. The quantitative estimate of drug-likeness (QED) is 0.382. The Morgan fingerprint density at radius 1 is 1.30 bits per heavy atom. The average Bonchev–Trinajstić information content (AvgIpc) is 3.11. The van der Waals surface area contributed by atoms with Crippen LogP contribution in [0.2, 0.25) is 0 Å². The van der Waals surface area contributed by atoms with Gasteiger partial charge in [0.05, 0.1) is 11.1 Å². The van der Waals surface area contributed by atoms with Crippen LogP contribution >= 0.6 is 0 Å². The number of amides is 1. The molecule has 0 unspecified atom stereocenters. The number of anilines is 4. The smallest absolute Gasteiger partial charge is 0.252 e. The molecular formula is C20H27FN8O. The summed E-state index contributed by atoms with van der Waals surface area (Å²) in [7, 11) is 3.78. The minimum absolute atomic E-state index is 0.00465. The SMILES string of the molecule is CC[C@@H](Nc1nc(Nc2ccc3[nH]nc(N(C)C)c3c2)c(C(N)=O)cc1F)[C@H](C)N. The van der Waals surface area contributed by atoms with E-state index in [4.69, 9.17) is 11.5 Å². The summed E-state index contributed by atoms with van der Waals surface area (Å²) >= 11 is 0. The van der Waals surface area contributed by atoms with Crippen molar-refractivity contribution >= 4 is 40.0 Å². The Kier molecular flexibility index (Phi) is 6.06. The van der Waals surface area contributed by atoms with E-state index >= 15 is 0 Å². The number of fused-ring (bicyclic) bond motifs is 1. The Hall–Kier alpha value is -3.40. The van der Waals surface area contributed by atoms with Gasteiger partial charge in [-0.25, -0.2) is 9.37 Å². The summed E-state index contributed by atoms with van der Waals surface area (Å²) in [6, 6.07) is 6.22. The third-order valence-electron chi connectivity index (χ3n) is 4.87. The number of halogens is 1. The predicted molar refractivity (Wildman–Crippen MR) is 118 cm³/mol. The number of benzene rings is 1. The monoisotopic (exact) mass is 414 g/mol. The van der Waals surface area contributed by atoms with Gasteiger partial charge in [-0.3, -0.25) is 9.89 Å². The number of carbonyl (C=O) groups excluding carboxylic acids is 1. The second-order valence-electron chi connectivity index (χ2n) is 7.42. The van der Waals surface area contributed by atoms with Crippen molar-refractivity contribution in [1.29, 1.82) is 0 Å². The van der Waals surface area contributed by atoms with Crippen molar-refractivity contribution in [2.45, 2.75) is 32.4 Å². The number of aromatic nitrogens is 3. The van der Waals surface area contributed by atoms with Crippen LogP contribution in [0.15, 0.2) is 24.3 Å². The maximum absolute atomic E-state index is 14.6. The number of rotatable bonds is 8. The third kappa shape index (κ3) is 4.28. The predicted octanol–water partition coefficient (Wildman–Crippen LogP) is 2.54. The van der Waals surface area contributed by atoms with E-state index in [0.717, 1.165) is 22.8 Å². The molecular weight excluding hydrogens is 387 g/mol. The van der Waals surface area contributed by atoms with Crippen molar-refractivity contribution in [2.75, 3.05) is 29.6 Å². The van der Waals surface area contributed by atoms with Crippen LogP contribution in [0.4, 0.5) is 27.5 Å². The van der Waals surface area contributed by atoms with Crippen LogP contribution < -0.4 is 27.0 Å². The molecule has 0 aliphatic carbocycles. The van der Waals surface area contributed by atoms with Crippen molar-refractivity contribution < 1.29 is 9.18 Å². The Morgan fingerprint density at radius 2 is 2.03 bits per heavy atom. The Balaban J connectivity index is 2.01. The molecule has 7 N–H and O–H groups in total. The molecule has 160 valence electrons. The number of carbonyl (C=O) groups is 1. The van der Waals surface area contributed by atoms with E-state index in [9.17, 15) is 9.18 Å². The van der Waals surface area contributed by atoms with Gasteiger partial charge in [0.15, 0.2) is 17.5 Å². The van der Waals surface area contributed by atoms with E-state index in [1.54, 1.807) is 6.07 Å². The van der Waals surface area contributed by atoms with Gasteiger partial charge in [-0.1, -0.05) is 6.92 Å². The number of hydrogen-bond donors (Lipinski definition) is 5. The molecule has 1 aromatic carbocycles. The molecule has 3 rings (SSSR count). The maximum Gasteiger partial charge on any atom is 0.252 e. The molecule has 2 atom stereocenters. The highest BCUT2D eigenvalue weighted by molar-refractivity contribution is 5.99. The molecule has 2 aromatic heterocycles. The van der Waals surface area contributed by atoms with Crippen molar-refractivity contribution in [1.82, 2.24) is 15.2 Å². The topological polar surface area (TPSA) is 138 Å². The zero-order chi connectivity index (χ0) is 22.0. The summed E-state index contributed by atoms with van der Waals surface area (Å²) < 4.78 is 14.6. The fourth-order valence-electron chi connectivity index (χ4n) is 3.21. The zero-order valence-electron chi connectivity index (χ0n) is 17.5. The van der Waals surface area contributed by atoms with E-state index in [2.05, 4.69) is 25.8 Å². The lowest BCUT2D eigenvalue weighted by atomic mass is 10.1. The molecule has 10 heteroatoms. The van der Waals surface area contributed by atoms with E-state index in [1.807, 2.05) is 45.0 Å². The van der Waals surface area contributed by atoms with Crippen LogP contribution in [-0.4, -0.2) is 47.3 Å². The number of nitrogens with two attached hydrogens (primary N) is 2. The summed E-state index contributed by atoms with van der Waals surface area (Å²) in [4.78, 5) is 18.1. The number of H-pyrrole nitrogens is 1. The molecule has 0 spiro atoms. The van der Waals surface area contributed by atoms with Gasteiger partial charge >= 0.3 is 0 Å². The molecule has 0 bridgehead atoms. The minimum atomic E-state index is -0.784. The Labute approximate surface area is 174 Å². The van der Waals surface area contributed by atoms with E-state index in [0.29, 0.717) is 12.1 Å². The first kappa shape index (κ1) is 21.3. The highest BCUT2D eigenvalue weighted by atomic mass is 19.1. The second-order valence-corrected chi connectivity index (χ2v) is 7.42. The molecule has 0 saturated heterocycles. The van der Waals surface area contributed by atoms with Gasteiger partial charge in [0, 0.05) is 37.3 Å². The number of aromatic amines is 1. The molecule has 0 aliphatic rings. The van der Waals surface area contributed by atoms with Gasteiger partial charge in [0.25, 0.3) is 5.91 Å². The van der Waals surface area contributed by atoms with Crippen LogP contribution in [0.5, 0.6) is 0 Å². The molecule has 0 radical (unpaired) electrons. The maximum atomic E-state index is 14.6. The van der Waals surface area contributed by atoms with Gasteiger partial charge in [0.2, 0.25) is 0 Å². The van der Waals surface area contributed by atoms with Gasteiger partial charge in [-0.05, 0) is 37.6 Å². The molecule has 0 fully saturated rings. The van der Waals surface area contributed by atoms with E-state index < -0.39 is 11.7 Å². The number of hydrogen-bond acceptors (Lipinski definition) is 7.